The number of phenols is 1. The number of benzene rings is 2. The molecule has 1 saturated heterocycles. The Balaban J connectivity index is 1.48. The normalized spacial score (nSPS) is 25.2. The van der Waals surface area contributed by atoms with Crippen LogP contribution in [-0.2, 0) is 24.7 Å². The molecular formula is C27H31N3O4. The second-order valence-corrected chi connectivity index (χ2v) is 9.87. The number of phenolic OH excluding ortho intramolecular Hbond substituents is 1. The van der Waals surface area contributed by atoms with Crippen molar-refractivity contribution >= 4 is 0 Å². The molecule has 2 N–H and O–H groups in total. The van der Waals surface area contributed by atoms with Crippen LogP contribution in [0.15, 0.2) is 30.3 Å². The Bertz CT molecular complexity index is 1270. The topological polar surface area (TPSA) is 79.8 Å². The summed E-state index contributed by atoms with van der Waals surface area (Å²) >= 11 is 0. The lowest BCUT2D eigenvalue weighted by atomic mass is 9.52. The van der Waals surface area contributed by atoms with Crippen LogP contribution in [0.4, 0.5) is 0 Å². The van der Waals surface area contributed by atoms with Gasteiger partial charge in [-0.15, -0.1) is 0 Å². The summed E-state index contributed by atoms with van der Waals surface area (Å²) in [7, 11) is 7.18. The highest BCUT2D eigenvalue weighted by molar-refractivity contribution is 5.67. The molecule has 2 aromatic carbocycles. The second kappa shape index (κ2) is 7.67. The molecule has 178 valence electrons. The van der Waals surface area contributed by atoms with E-state index in [1.807, 2.05) is 24.3 Å². The fourth-order valence-corrected chi connectivity index (χ4v) is 6.79. The largest absolute Gasteiger partial charge is 0.504 e. The first kappa shape index (κ1) is 21.4. The Morgan fingerprint density at radius 3 is 2.65 bits per heavy atom. The van der Waals surface area contributed by atoms with E-state index in [-0.39, 0.29) is 5.41 Å². The standard InChI is InChI=1S/C27H31N3O4/c1-30-10-9-27-14-20-19(28-26(29-20)17-7-6-16(32-2)12-23(17)34-4)13-18(27)21(30)11-15-5-8-22(33-3)25(31)24(15)27/h5-8,12,18,21,31H,9-11,13-14H2,1-4H3,(H,28,29)/t18-,21+,27-/m1/s1. The summed E-state index contributed by atoms with van der Waals surface area (Å²) in [6, 6.07) is 10.3. The maximum Gasteiger partial charge on any atom is 0.161 e. The van der Waals surface area contributed by atoms with Gasteiger partial charge >= 0.3 is 0 Å². The van der Waals surface area contributed by atoms with Gasteiger partial charge in [-0.1, -0.05) is 6.07 Å². The number of aromatic amines is 1. The molecule has 0 amide bonds. The molecule has 0 unspecified atom stereocenters. The number of nitrogens with zero attached hydrogens (tertiary/aromatic N) is 2. The van der Waals surface area contributed by atoms with E-state index in [9.17, 15) is 5.11 Å². The van der Waals surface area contributed by atoms with E-state index in [1.54, 1.807) is 21.3 Å². The number of piperidine rings is 1. The van der Waals surface area contributed by atoms with Gasteiger partial charge in [0, 0.05) is 28.8 Å². The number of likely N-dealkylation sites (tertiary alicyclic amines) is 1. The molecule has 6 rings (SSSR count). The van der Waals surface area contributed by atoms with Crippen LogP contribution in [0.25, 0.3) is 11.4 Å². The van der Waals surface area contributed by atoms with Crippen molar-refractivity contribution in [2.24, 2.45) is 5.92 Å². The van der Waals surface area contributed by atoms with Crippen LogP contribution in [0, 0.1) is 5.92 Å². The van der Waals surface area contributed by atoms with Crippen LogP contribution in [0.1, 0.15) is 28.9 Å². The lowest BCUT2D eigenvalue weighted by Gasteiger charge is -2.57. The van der Waals surface area contributed by atoms with Crippen molar-refractivity contribution in [3.8, 4) is 34.4 Å². The molecule has 2 bridgehead atoms. The van der Waals surface area contributed by atoms with Crippen LogP contribution in [-0.4, -0.2) is 60.9 Å². The van der Waals surface area contributed by atoms with Crippen LogP contribution >= 0.6 is 0 Å². The maximum atomic E-state index is 11.3. The van der Waals surface area contributed by atoms with Crippen LogP contribution in [0.5, 0.6) is 23.0 Å². The van der Waals surface area contributed by atoms with E-state index in [4.69, 9.17) is 19.2 Å². The molecule has 7 heteroatoms. The summed E-state index contributed by atoms with van der Waals surface area (Å²) in [5, 5.41) is 11.3. The number of hydrogen-bond donors (Lipinski definition) is 2. The highest BCUT2D eigenvalue weighted by atomic mass is 16.5. The van der Waals surface area contributed by atoms with E-state index < -0.39 is 0 Å². The predicted molar refractivity (Wildman–Crippen MR) is 129 cm³/mol. The van der Waals surface area contributed by atoms with Gasteiger partial charge in [-0.05, 0) is 69.0 Å². The first-order valence-corrected chi connectivity index (χ1v) is 11.9. The summed E-state index contributed by atoms with van der Waals surface area (Å²) in [6.45, 7) is 1.01. The minimum Gasteiger partial charge on any atom is -0.504 e. The summed E-state index contributed by atoms with van der Waals surface area (Å²) in [4.78, 5) is 11.2. The van der Waals surface area contributed by atoms with Gasteiger partial charge in [0.2, 0.25) is 0 Å². The Morgan fingerprint density at radius 2 is 1.88 bits per heavy atom. The molecule has 0 saturated carbocycles. The minimum atomic E-state index is -0.135. The first-order chi connectivity index (χ1) is 16.5. The molecule has 3 aromatic rings. The number of aromatic hydroxyl groups is 1. The van der Waals surface area contributed by atoms with E-state index in [2.05, 4.69) is 23.0 Å². The van der Waals surface area contributed by atoms with Gasteiger partial charge < -0.3 is 29.2 Å². The zero-order chi connectivity index (χ0) is 23.6. The Morgan fingerprint density at radius 1 is 1.06 bits per heavy atom. The number of ether oxygens (including phenoxy) is 3. The fourth-order valence-electron chi connectivity index (χ4n) is 6.79. The third-order valence-corrected chi connectivity index (χ3v) is 8.46. The Kier molecular flexibility index (Phi) is 4.81. The molecule has 2 aliphatic carbocycles. The third kappa shape index (κ3) is 2.89. The van der Waals surface area contributed by atoms with E-state index in [0.29, 0.717) is 23.5 Å². The van der Waals surface area contributed by atoms with Crippen LogP contribution in [0.2, 0.25) is 0 Å². The average Bonchev–Trinajstić information content (AvgIpc) is 3.26. The molecule has 1 aromatic heterocycles. The molecule has 3 aliphatic rings. The Hall–Kier alpha value is -3.19. The lowest BCUT2D eigenvalue weighted by molar-refractivity contribution is 0.0215. The number of H-pyrrole nitrogens is 1. The first-order valence-electron chi connectivity index (χ1n) is 11.9. The summed E-state index contributed by atoms with van der Waals surface area (Å²) in [5.74, 6) is 3.55. The molecule has 1 fully saturated rings. The second-order valence-electron chi connectivity index (χ2n) is 9.87. The highest BCUT2D eigenvalue weighted by Gasteiger charge is 2.56. The SMILES string of the molecule is COc1ccc(-c2nc3c([nH]2)C[C@@]24CCN(C)[C@@H](Cc5ccc(OC)c(O)c52)[C@H]4C3)c(OC)c1. The van der Waals surface area contributed by atoms with Crippen molar-refractivity contribution in [3.05, 3.63) is 52.8 Å². The number of aromatic nitrogens is 2. The van der Waals surface area contributed by atoms with Crippen molar-refractivity contribution in [3.63, 3.8) is 0 Å². The number of nitrogens with one attached hydrogen (secondary N) is 1. The van der Waals surface area contributed by atoms with Gasteiger partial charge in [-0.3, -0.25) is 0 Å². The van der Waals surface area contributed by atoms with Crippen LogP contribution in [0.3, 0.4) is 0 Å². The summed E-state index contributed by atoms with van der Waals surface area (Å²) in [5.41, 5.74) is 5.39. The lowest BCUT2D eigenvalue weighted by Crippen LogP contribution is -2.61. The number of hydrogen-bond acceptors (Lipinski definition) is 6. The molecule has 1 aliphatic heterocycles. The molecule has 7 nitrogen and oxygen atoms in total. The Labute approximate surface area is 199 Å². The van der Waals surface area contributed by atoms with Gasteiger partial charge in [-0.25, -0.2) is 4.98 Å². The van der Waals surface area contributed by atoms with Crippen molar-refractivity contribution in [2.45, 2.75) is 37.1 Å². The smallest absolute Gasteiger partial charge is 0.161 e. The van der Waals surface area contributed by atoms with Crippen LogP contribution < -0.4 is 14.2 Å². The number of fused-ring (bicyclic) bond motifs is 2. The average molecular weight is 462 g/mol. The number of likely N-dealkylation sites (N-methyl/N-ethyl adjacent to an activating group) is 1. The third-order valence-electron chi connectivity index (χ3n) is 8.46. The van der Waals surface area contributed by atoms with Crippen molar-refractivity contribution in [1.82, 2.24) is 14.9 Å². The molecule has 0 radical (unpaired) electrons. The van der Waals surface area contributed by atoms with Crippen molar-refractivity contribution in [1.29, 1.82) is 0 Å². The van der Waals surface area contributed by atoms with Gasteiger partial charge in [0.25, 0.3) is 0 Å². The number of methoxy groups -OCH3 is 3. The zero-order valence-electron chi connectivity index (χ0n) is 20.1. The van der Waals surface area contributed by atoms with Crippen molar-refractivity contribution < 1.29 is 19.3 Å². The van der Waals surface area contributed by atoms with E-state index >= 15 is 0 Å². The van der Waals surface area contributed by atoms with Gasteiger partial charge in [0.1, 0.15) is 17.3 Å². The fraction of sp³-hybridized carbons (Fsp3) is 0.444. The maximum absolute atomic E-state index is 11.3. The zero-order valence-corrected chi connectivity index (χ0v) is 20.1. The predicted octanol–water partition coefficient (Wildman–Crippen LogP) is 3.72. The quantitative estimate of drug-likeness (QED) is 0.617. The number of rotatable bonds is 4. The molecule has 3 atom stereocenters. The molecule has 0 spiro atoms. The van der Waals surface area contributed by atoms with E-state index in [0.717, 1.165) is 72.1 Å². The summed E-state index contributed by atoms with van der Waals surface area (Å²) < 4.78 is 16.5. The molecule has 34 heavy (non-hydrogen) atoms. The molecule has 2 heterocycles. The molecular weight excluding hydrogens is 430 g/mol. The van der Waals surface area contributed by atoms with E-state index in [1.165, 1.54) is 5.56 Å². The van der Waals surface area contributed by atoms with Crippen molar-refractivity contribution in [2.75, 3.05) is 34.9 Å². The minimum absolute atomic E-state index is 0.135. The van der Waals surface area contributed by atoms with Gasteiger partial charge in [0.05, 0.1) is 32.6 Å². The van der Waals surface area contributed by atoms with Gasteiger partial charge in [-0.2, -0.15) is 0 Å². The number of imidazole rings is 1. The summed E-state index contributed by atoms with van der Waals surface area (Å²) in [6.07, 6.45) is 3.65. The monoisotopic (exact) mass is 461 g/mol. The highest BCUT2D eigenvalue weighted by Crippen LogP contribution is 2.57. The van der Waals surface area contributed by atoms with Gasteiger partial charge in [0.15, 0.2) is 11.5 Å².